The van der Waals surface area contributed by atoms with E-state index in [2.05, 4.69) is 53.3 Å². The molecule has 0 spiro atoms. The van der Waals surface area contributed by atoms with E-state index in [9.17, 15) is 4.79 Å². The van der Waals surface area contributed by atoms with Crippen LogP contribution in [0, 0.1) is 13.8 Å². The lowest BCUT2D eigenvalue weighted by molar-refractivity contribution is -0.118. The summed E-state index contributed by atoms with van der Waals surface area (Å²) in [5, 5.41) is 4.60. The lowest BCUT2D eigenvalue weighted by atomic mass is 9.93. The fourth-order valence-corrected chi connectivity index (χ4v) is 5.02. The minimum absolute atomic E-state index is 0.147. The van der Waals surface area contributed by atoms with E-state index in [0.29, 0.717) is 31.9 Å². The maximum absolute atomic E-state index is 13.3. The second-order valence-electron chi connectivity index (χ2n) is 10.3. The van der Waals surface area contributed by atoms with Crippen molar-refractivity contribution in [1.82, 2.24) is 19.7 Å². The molecule has 0 aliphatic carbocycles. The Labute approximate surface area is 230 Å². The van der Waals surface area contributed by atoms with Crippen LogP contribution in [-0.4, -0.2) is 52.9 Å². The van der Waals surface area contributed by atoms with Crippen LogP contribution in [0.15, 0.2) is 61.1 Å². The Morgan fingerprint density at radius 2 is 1.95 bits per heavy atom. The molecule has 1 aliphatic heterocycles. The summed E-state index contributed by atoms with van der Waals surface area (Å²) in [6.45, 7) is 5.98. The molecule has 2 aromatic heterocycles. The average molecular weight is 525 g/mol. The highest BCUT2D eigenvalue weighted by atomic mass is 16.5. The number of fused-ring (bicyclic) bond motifs is 1. The zero-order valence-corrected chi connectivity index (χ0v) is 23.2. The molecule has 202 valence electrons. The Morgan fingerprint density at radius 3 is 2.79 bits per heavy atom. The summed E-state index contributed by atoms with van der Waals surface area (Å²) in [4.78, 5) is 26.0. The quantitative estimate of drug-likeness (QED) is 0.280. The van der Waals surface area contributed by atoms with Crippen LogP contribution in [0.4, 0.5) is 11.6 Å². The summed E-state index contributed by atoms with van der Waals surface area (Å²) in [6.07, 6.45) is 8.75. The van der Waals surface area contributed by atoms with Crippen LogP contribution in [0.5, 0.6) is 5.75 Å². The van der Waals surface area contributed by atoms with Gasteiger partial charge in [0.1, 0.15) is 5.75 Å². The molecular weight excluding hydrogens is 488 g/mol. The number of aromatic nitrogens is 4. The summed E-state index contributed by atoms with van der Waals surface area (Å²) >= 11 is 0. The predicted molar refractivity (Wildman–Crippen MR) is 154 cm³/mol. The van der Waals surface area contributed by atoms with Crippen molar-refractivity contribution >= 4 is 17.5 Å². The second kappa shape index (κ2) is 11.7. The summed E-state index contributed by atoms with van der Waals surface area (Å²) < 4.78 is 7.88. The first-order valence-electron chi connectivity index (χ1n) is 13.5. The van der Waals surface area contributed by atoms with E-state index >= 15 is 0 Å². The lowest BCUT2D eigenvalue weighted by Crippen LogP contribution is -2.35. The Kier molecular flexibility index (Phi) is 7.91. The zero-order chi connectivity index (χ0) is 27.4. The van der Waals surface area contributed by atoms with Crippen LogP contribution < -0.4 is 14.5 Å². The minimum Gasteiger partial charge on any atom is -0.493 e. The number of carbonyl (C=O) groups is 1. The first kappa shape index (κ1) is 26.4. The van der Waals surface area contributed by atoms with E-state index in [-0.39, 0.29) is 5.91 Å². The van der Waals surface area contributed by atoms with Crippen LogP contribution >= 0.6 is 0 Å². The molecular formula is C31H36N6O2. The topological polar surface area (TPSA) is 76.4 Å². The van der Waals surface area contributed by atoms with Gasteiger partial charge in [0, 0.05) is 50.7 Å². The smallest absolute Gasteiger partial charge is 0.227 e. The van der Waals surface area contributed by atoms with Crippen LogP contribution in [0.2, 0.25) is 0 Å². The molecule has 0 saturated carbocycles. The molecule has 5 rings (SSSR count). The molecule has 4 aromatic rings. The highest BCUT2D eigenvalue weighted by Crippen LogP contribution is 2.36. The van der Waals surface area contributed by atoms with Crippen LogP contribution in [0.1, 0.15) is 41.6 Å². The van der Waals surface area contributed by atoms with Crippen LogP contribution in [0.25, 0.3) is 11.1 Å². The van der Waals surface area contributed by atoms with Crippen molar-refractivity contribution in [2.75, 3.05) is 37.0 Å². The number of benzene rings is 2. The SMILES string of the molecule is Cc1cccc(OCCCC(=O)N2CCCc3c(-c4cnn(Cc5ccnc(N(C)C)n5)c4)cccc32)c1C. The van der Waals surface area contributed by atoms with Crippen LogP contribution in [0.3, 0.4) is 0 Å². The number of nitrogens with zero attached hydrogens (tertiary/aromatic N) is 6. The highest BCUT2D eigenvalue weighted by Gasteiger charge is 2.24. The molecule has 1 aliphatic rings. The molecule has 39 heavy (non-hydrogen) atoms. The molecule has 8 nitrogen and oxygen atoms in total. The molecule has 0 atom stereocenters. The van der Waals surface area contributed by atoms with Crippen molar-refractivity contribution in [2.24, 2.45) is 0 Å². The summed E-state index contributed by atoms with van der Waals surface area (Å²) in [5.74, 6) is 1.72. The molecule has 2 aromatic carbocycles. The molecule has 1 amide bonds. The fourth-order valence-electron chi connectivity index (χ4n) is 5.02. The number of hydrogen-bond donors (Lipinski definition) is 0. The molecule has 3 heterocycles. The van der Waals surface area contributed by atoms with E-state index in [1.54, 1.807) is 6.20 Å². The molecule has 0 N–H and O–H groups in total. The van der Waals surface area contributed by atoms with Gasteiger partial charge < -0.3 is 14.5 Å². The van der Waals surface area contributed by atoms with Gasteiger partial charge in [0.25, 0.3) is 0 Å². The third kappa shape index (κ3) is 5.95. The maximum Gasteiger partial charge on any atom is 0.227 e. The third-order valence-electron chi connectivity index (χ3n) is 7.27. The monoisotopic (exact) mass is 524 g/mol. The second-order valence-corrected chi connectivity index (χ2v) is 10.3. The van der Waals surface area contributed by atoms with E-state index in [1.807, 2.05) is 59.0 Å². The number of rotatable bonds is 9. The number of hydrogen-bond acceptors (Lipinski definition) is 6. The van der Waals surface area contributed by atoms with Gasteiger partial charge in [0.05, 0.1) is 25.0 Å². The van der Waals surface area contributed by atoms with E-state index < -0.39 is 0 Å². The number of aryl methyl sites for hydroxylation is 1. The maximum atomic E-state index is 13.3. The Balaban J connectivity index is 1.26. The van der Waals surface area contributed by atoms with Crippen molar-refractivity contribution < 1.29 is 9.53 Å². The van der Waals surface area contributed by atoms with Gasteiger partial charge >= 0.3 is 0 Å². The fraction of sp³-hybridized carbons (Fsp3) is 0.355. The van der Waals surface area contributed by atoms with E-state index in [0.717, 1.165) is 53.2 Å². The Morgan fingerprint density at radius 1 is 1.10 bits per heavy atom. The molecule has 8 heteroatoms. The first-order chi connectivity index (χ1) is 18.9. The summed E-state index contributed by atoms with van der Waals surface area (Å²) in [6, 6.07) is 14.2. The summed E-state index contributed by atoms with van der Waals surface area (Å²) in [5.41, 5.74) is 7.66. The van der Waals surface area contributed by atoms with Crippen LogP contribution in [-0.2, 0) is 17.8 Å². The number of amides is 1. The van der Waals surface area contributed by atoms with Gasteiger partial charge in [-0.05, 0) is 73.6 Å². The zero-order valence-electron chi connectivity index (χ0n) is 23.2. The normalized spacial score (nSPS) is 12.8. The van der Waals surface area contributed by atoms with Gasteiger partial charge in [-0.25, -0.2) is 9.97 Å². The van der Waals surface area contributed by atoms with Gasteiger partial charge in [-0.15, -0.1) is 0 Å². The third-order valence-corrected chi connectivity index (χ3v) is 7.27. The van der Waals surface area contributed by atoms with Gasteiger partial charge in [-0.2, -0.15) is 5.10 Å². The Bertz CT molecular complexity index is 1460. The van der Waals surface area contributed by atoms with Crippen molar-refractivity contribution in [3.8, 4) is 16.9 Å². The molecule has 0 saturated heterocycles. The molecule has 0 radical (unpaired) electrons. The standard InChI is InChI=1S/C31H36N6O2/c1-22-9-5-13-29(23(22)2)39-18-8-14-30(38)37-17-7-11-27-26(10-6-12-28(27)37)24-19-33-36(20-24)21-25-15-16-32-31(34-25)35(3)4/h5-6,9-10,12-13,15-16,19-20H,7-8,11,14,17-18,21H2,1-4H3. The average Bonchev–Trinajstić information content (AvgIpc) is 3.40. The van der Waals surface area contributed by atoms with E-state index in [1.165, 1.54) is 11.1 Å². The van der Waals surface area contributed by atoms with Gasteiger partial charge in [0.15, 0.2) is 0 Å². The van der Waals surface area contributed by atoms with Crippen molar-refractivity contribution in [3.63, 3.8) is 0 Å². The van der Waals surface area contributed by atoms with E-state index in [4.69, 9.17) is 4.74 Å². The lowest BCUT2D eigenvalue weighted by Gasteiger charge is -2.31. The van der Waals surface area contributed by atoms with Gasteiger partial charge in [-0.3, -0.25) is 9.48 Å². The Hall–Kier alpha value is -4.20. The minimum atomic E-state index is 0.147. The molecule has 0 bridgehead atoms. The summed E-state index contributed by atoms with van der Waals surface area (Å²) in [7, 11) is 3.86. The van der Waals surface area contributed by atoms with Gasteiger partial charge in [0.2, 0.25) is 11.9 Å². The number of ether oxygens (including phenoxy) is 1. The van der Waals surface area contributed by atoms with Crippen molar-refractivity contribution in [3.05, 3.63) is 83.4 Å². The molecule has 0 fully saturated rings. The number of carbonyl (C=O) groups excluding carboxylic acids is 1. The van der Waals surface area contributed by atoms with Crippen molar-refractivity contribution in [2.45, 2.75) is 46.1 Å². The number of anilines is 2. The largest absolute Gasteiger partial charge is 0.493 e. The van der Waals surface area contributed by atoms with Gasteiger partial charge in [-0.1, -0.05) is 24.3 Å². The first-order valence-corrected chi connectivity index (χ1v) is 13.5. The van der Waals surface area contributed by atoms with Crippen molar-refractivity contribution in [1.29, 1.82) is 0 Å². The highest BCUT2D eigenvalue weighted by molar-refractivity contribution is 5.96. The molecule has 0 unspecified atom stereocenters. The predicted octanol–water partition coefficient (Wildman–Crippen LogP) is 5.21.